The number of benzene rings is 5. The van der Waals surface area contributed by atoms with E-state index in [0.717, 1.165) is 89.0 Å². The highest BCUT2D eigenvalue weighted by atomic mass is 19.1. The third-order valence-electron chi connectivity index (χ3n) is 10.9. The van der Waals surface area contributed by atoms with Crippen LogP contribution in [0.25, 0.3) is 28.0 Å². The van der Waals surface area contributed by atoms with Gasteiger partial charge in [-0.25, -0.2) is 4.39 Å². The van der Waals surface area contributed by atoms with Gasteiger partial charge in [-0.1, -0.05) is 68.5 Å². The van der Waals surface area contributed by atoms with Gasteiger partial charge in [0.2, 0.25) is 0 Å². The number of nitrogens with zero attached hydrogens (tertiary/aromatic N) is 1. The average Bonchev–Trinajstić information content (AvgIpc) is 3.44. The van der Waals surface area contributed by atoms with Gasteiger partial charge >= 0.3 is 0 Å². The summed E-state index contributed by atoms with van der Waals surface area (Å²) < 4.78 is 39.8. The molecule has 48 heavy (non-hydrogen) atoms. The zero-order valence-corrected chi connectivity index (χ0v) is 27.9. The van der Waals surface area contributed by atoms with Crippen LogP contribution in [-0.4, -0.2) is 40.5 Å². The lowest BCUT2D eigenvalue weighted by atomic mass is 9.71. The molecule has 6 heteroatoms. The van der Waals surface area contributed by atoms with Gasteiger partial charge in [0.25, 0.3) is 0 Å². The van der Waals surface area contributed by atoms with E-state index in [4.69, 9.17) is 18.9 Å². The second-order valence-corrected chi connectivity index (χ2v) is 12.9. The highest BCUT2D eigenvalue weighted by Crippen LogP contribution is 2.61. The Labute approximate surface area is 281 Å². The number of ether oxygens (including phenoxy) is 4. The summed E-state index contributed by atoms with van der Waals surface area (Å²) in [5.74, 6) is 1.83. The number of rotatable bonds is 7. The number of fused-ring (bicyclic) bond motifs is 8. The Morgan fingerprint density at radius 3 is 2.12 bits per heavy atom. The van der Waals surface area contributed by atoms with Crippen molar-refractivity contribution in [2.75, 3.05) is 45.4 Å². The van der Waals surface area contributed by atoms with E-state index in [1.807, 2.05) is 18.2 Å². The maximum atomic E-state index is 15.0. The predicted octanol–water partition coefficient (Wildman–Crippen LogP) is 9.27. The van der Waals surface area contributed by atoms with Crippen molar-refractivity contribution in [3.8, 4) is 28.4 Å². The van der Waals surface area contributed by atoms with Crippen molar-refractivity contribution < 1.29 is 23.3 Å². The van der Waals surface area contributed by atoms with Crippen LogP contribution in [0.5, 0.6) is 17.2 Å². The van der Waals surface area contributed by atoms with E-state index in [9.17, 15) is 0 Å². The van der Waals surface area contributed by atoms with Gasteiger partial charge in [-0.2, -0.15) is 0 Å². The minimum Gasteiger partial charge on any atom is -0.493 e. The van der Waals surface area contributed by atoms with Gasteiger partial charge in [0.1, 0.15) is 11.6 Å². The number of hydrogen-bond donors (Lipinski definition) is 0. The highest BCUT2D eigenvalue weighted by molar-refractivity contribution is 6.09. The van der Waals surface area contributed by atoms with E-state index >= 15 is 4.39 Å². The fourth-order valence-corrected chi connectivity index (χ4v) is 8.40. The Morgan fingerprint density at radius 2 is 1.46 bits per heavy atom. The van der Waals surface area contributed by atoms with Gasteiger partial charge < -0.3 is 23.8 Å². The number of morpholine rings is 1. The molecular formula is C42H40FNO4. The van der Waals surface area contributed by atoms with Gasteiger partial charge in [-0.15, -0.1) is 0 Å². The molecule has 0 radical (unpaired) electrons. The molecule has 244 valence electrons. The van der Waals surface area contributed by atoms with Crippen molar-refractivity contribution in [3.63, 3.8) is 0 Å². The molecule has 1 fully saturated rings. The summed E-state index contributed by atoms with van der Waals surface area (Å²) in [7, 11) is 3.32. The minimum atomic E-state index is -0.898. The third-order valence-corrected chi connectivity index (χ3v) is 10.9. The molecule has 5 nitrogen and oxygen atoms in total. The van der Waals surface area contributed by atoms with E-state index in [2.05, 4.69) is 85.5 Å². The van der Waals surface area contributed by atoms with Crippen molar-refractivity contribution in [1.82, 2.24) is 0 Å². The minimum absolute atomic E-state index is 0.222. The van der Waals surface area contributed by atoms with E-state index in [1.54, 1.807) is 26.4 Å². The van der Waals surface area contributed by atoms with Crippen LogP contribution in [-0.2, 0) is 15.8 Å². The number of anilines is 1. The van der Waals surface area contributed by atoms with Crippen LogP contribution in [0, 0.1) is 5.82 Å². The third kappa shape index (κ3) is 4.38. The summed E-state index contributed by atoms with van der Waals surface area (Å²) in [6.07, 6.45) is 6.09. The highest BCUT2D eigenvalue weighted by Gasteiger charge is 2.47. The maximum Gasteiger partial charge on any atom is 0.178 e. The molecule has 2 aliphatic heterocycles. The molecule has 0 spiro atoms. The molecule has 2 heterocycles. The predicted molar refractivity (Wildman–Crippen MR) is 190 cm³/mol. The van der Waals surface area contributed by atoms with Crippen molar-refractivity contribution >= 4 is 22.5 Å². The molecule has 3 aliphatic rings. The molecule has 1 aliphatic carbocycles. The SMILES string of the molecule is CCC1(CC)c2cc(F)ccc2-c2c1c1c(c3cc(OC)c(OC)cc23)OC(c2ccccc2)(c2ccc(N3CCOCC3)cc2)C=C1. The molecule has 1 atom stereocenters. The summed E-state index contributed by atoms with van der Waals surface area (Å²) in [5.41, 5.74) is 7.35. The molecule has 0 aromatic heterocycles. The lowest BCUT2D eigenvalue weighted by molar-refractivity contribution is 0.122. The van der Waals surface area contributed by atoms with Gasteiger partial charge in [-0.05, 0) is 83.0 Å². The van der Waals surface area contributed by atoms with E-state index in [-0.39, 0.29) is 5.82 Å². The molecule has 5 aromatic carbocycles. The molecule has 1 unspecified atom stereocenters. The Morgan fingerprint density at radius 1 is 0.792 bits per heavy atom. The second-order valence-electron chi connectivity index (χ2n) is 12.9. The van der Waals surface area contributed by atoms with Gasteiger partial charge in [0, 0.05) is 46.3 Å². The summed E-state index contributed by atoms with van der Waals surface area (Å²) in [5, 5.41) is 1.92. The molecule has 5 aromatic rings. The number of halogens is 1. The van der Waals surface area contributed by atoms with Crippen molar-refractivity contribution in [2.45, 2.75) is 37.7 Å². The quantitative estimate of drug-likeness (QED) is 0.177. The second kappa shape index (κ2) is 11.7. The Balaban J connectivity index is 1.41. The Kier molecular flexibility index (Phi) is 7.44. The van der Waals surface area contributed by atoms with Crippen LogP contribution in [0.4, 0.5) is 10.1 Å². The van der Waals surface area contributed by atoms with Crippen LogP contribution in [0.15, 0.2) is 91.0 Å². The van der Waals surface area contributed by atoms with Gasteiger partial charge in [0.15, 0.2) is 17.1 Å². The first-order valence-electron chi connectivity index (χ1n) is 16.9. The molecule has 8 rings (SSSR count). The molecular weight excluding hydrogens is 601 g/mol. The molecule has 0 N–H and O–H groups in total. The first-order chi connectivity index (χ1) is 23.5. The molecule has 1 saturated heterocycles. The van der Waals surface area contributed by atoms with E-state index in [0.29, 0.717) is 11.5 Å². The summed E-state index contributed by atoms with van der Waals surface area (Å²) in [4.78, 5) is 2.36. The lowest BCUT2D eigenvalue weighted by Crippen LogP contribution is -2.37. The van der Waals surface area contributed by atoms with Crippen LogP contribution in [0.3, 0.4) is 0 Å². The summed E-state index contributed by atoms with van der Waals surface area (Å²) in [6, 6.07) is 28.5. The zero-order chi connectivity index (χ0) is 33.0. The first kappa shape index (κ1) is 30.5. The lowest BCUT2D eigenvalue weighted by Gasteiger charge is -2.39. The van der Waals surface area contributed by atoms with Crippen LogP contribution >= 0.6 is 0 Å². The Bertz CT molecular complexity index is 2050. The zero-order valence-electron chi connectivity index (χ0n) is 27.9. The normalized spacial score (nSPS) is 19.0. The summed E-state index contributed by atoms with van der Waals surface area (Å²) >= 11 is 0. The van der Waals surface area contributed by atoms with Crippen molar-refractivity contribution in [1.29, 1.82) is 0 Å². The summed E-state index contributed by atoms with van der Waals surface area (Å²) in [6.45, 7) is 7.62. The number of methoxy groups -OCH3 is 2. The standard InChI is InChI=1S/C42H40FNO4/c1-5-41(6-2)35-24-29(43)14-17-31(35)38-33-25-36(45-3)37(46-4)26-34(33)40-32(39(38)41)18-19-42(48-40,27-10-8-7-9-11-27)28-12-15-30(16-13-28)44-20-22-47-23-21-44/h7-19,24-26H,5-6,20-23H2,1-4H3. The average molecular weight is 642 g/mol. The molecule has 0 bridgehead atoms. The fourth-order valence-electron chi connectivity index (χ4n) is 8.40. The van der Waals surface area contributed by atoms with E-state index in [1.165, 1.54) is 11.3 Å². The smallest absolute Gasteiger partial charge is 0.178 e. The molecule has 0 saturated carbocycles. The van der Waals surface area contributed by atoms with Gasteiger partial charge in [-0.3, -0.25) is 0 Å². The first-order valence-corrected chi connectivity index (χ1v) is 16.9. The topological polar surface area (TPSA) is 40.2 Å². The number of hydrogen-bond acceptors (Lipinski definition) is 5. The van der Waals surface area contributed by atoms with Crippen LogP contribution in [0.1, 0.15) is 54.5 Å². The monoisotopic (exact) mass is 641 g/mol. The van der Waals surface area contributed by atoms with Crippen LogP contribution in [0.2, 0.25) is 0 Å². The van der Waals surface area contributed by atoms with Gasteiger partial charge in [0.05, 0.1) is 27.4 Å². The van der Waals surface area contributed by atoms with Crippen molar-refractivity contribution in [3.05, 3.63) is 125 Å². The van der Waals surface area contributed by atoms with E-state index < -0.39 is 11.0 Å². The largest absolute Gasteiger partial charge is 0.493 e. The fraction of sp³-hybridized carbons (Fsp3) is 0.286. The van der Waals surface area contributed by atoms with Crippen LogP contribution < -0.4 is 19.1 Å². The maximum absolute atomic E-state index is 15.0. The molecule has 0 amide bonds. The van der Waals surface area contributed by atoms with Crippen molar-refractivity contribution in [2.24, 2.45) is 0 Å². The Hall–Kier alpha value is -4.81.